The Morgan fingerprint density at radius 1 is 0.964 bits per heavy atom. The molecule has 4 aromatic heterocycles. The summed E-state index contributed by atoms with van der Waals surface area (Å²) in [5, 5.41) is 10.0. The molecule has 0 bridgehead atoms. The molecule has 0 radical (unpaired) electrons. The summed E-state index contributed by atoms with van der Waals surface area (Å²) in [6.45, 7) is 10.6. The van der Waals surface area contributed by atoms with Crippen LogP contribution in [0.25, 0.3) is 27.7 Å². The number of carbonyl (C=O) groups excluding carboxylic acids is 2. The van der Waals surface area contributed by atoms with Gasteiger partial charge in [-0.2, -0.15) is 5.10 Å². The third kappa shape index (κ3) is 6.09. The largest absolute Gasteiger partial charge is 0.438 e. The van der Waals surface area contributed by atoms with Crippen LogP contribution >= 0.6 is 0 Å². The fourth-order valence-corrected chi connectivity index (χ4v) is 9.05. The molecule has 3 aliphatic rings. The Morgan fingerprint density at radius 2 is 1.77 bits per heavy atom. The predicted molar refractivity (Wildman–Crippen MR) is 213 cm³/mol. The number of rotatable bonds is 8. The maximum Gasteiger partial charge on any atom is 0.438 e. The molecule has 288 valence electrons. The van der Waals surface area contributed by atoms with Gasteiger partial charge in [-0.1, -0.05) is 48.7 Å². The van der Waals surface area contributed by atoms with Crippen molar-refractivity contribution in [3.05, 3.63) is 111 Å². The van der Waals surface area contributed by atoms with E-state index in [0.717, 1.165) is 62.6 Å². The first-order valence-electron chi connectivity index (χ1n) is 19.8. The topological polar surface area (TPSA) is 138 Å². The molecule has 0 unspecified atom stereocenters. The van der Waals surface area contributed by atoms with E-state index >= 15 is 4.79 Å². The van der Waals surface area contributed by atoms with Crippen LogP contribution in [0.1, 0.15) is 84.8 Å². The Morgan fingerprint density at radius 3 is 2.54 bits per heavy atom. The van der Waals surface area contributed by atoms with Gasteiger partial charge in [-0.15, -0.1) is 0 Å². The van der Waals surface area contributed by atoms with Crippen molar-refractivity contribution >= 4 is 28.7 Å². The second kappa shape index (κ2) is 13.9. The number of nitrogens with zero attached hydrogens (tertiary/aromatic N) is 8. The highest BCUT2D eigenvalue weighted by Crippen LogP contribution is 2.38. The molecule has 3 amide bonds. The number of para-hydroxylation sites is 1. The van der Waals surface area contributed by atoms with Crippen molar-refractivity contribution < 1.29 is 14.1 Å². The highest BCUT2D eigenvalue weighted by Gasteiger charge is 2.40. The molecule has 1 saturated carbocycles. The van der Waals surface area contributed by atoms with Crippen molar-refractivity contribution in [2.75, 3.05) is 31.1 Å². The number of anilines is 1. The van der Waals surface area contributed by atoms with E-state index in [0.29, 0.717) is 43.5 Å². The van der Waals surface area contributed by atoms with Crippen molar-refractivity contribution in [2.45, 2.75) is 78.3 Å². The minimum absolute atomic E-state index is 0.00202. The number of hydrogen-bond donors (Lipinski definition) is 1. The maximum absolute atomic E-state index is 15.0. The number of hydrogen-bond acceptors (Lipinski definition) is 7. The molecule has 1 aliphatic carbocycles. The number of aryl methyl sites for hydroxylation is 1. The molecule has 2 aromatic carbocycles. The number of H-pyrrole nitrogens is 1. The monoisotopic (exact) mass is 753 g/mol. The van der Waals surface area contributed by atoms with E-state index in [9.17, 15) is 9.59 Å². The molecule has 2 aliphatic heterocycles. The van der Waals surface area contributed by atoms with Crippen LogP contribution in [0, 0.1) is 19.8 Å². The van der Waals surface area contributed by atoms with Crippen LogP contribution in [0.2, 0.25) is 0 Å². The van der Waals surface area contributed by atoms with Crippen LogP contribution in [-0.4, -0.2) is 77.4 Å². The lowest BCUT2D eigenvalue weighted by atomic mass is 9.89. The Kier molecular flexibility index (Phi) is 8.89. The molecule has 13 heteroatoms. The van der Waals surface area contributed by atoms with Gasteiger partial charge in [0.2, 0.25) is 0 Å². The third-order valence-corrected chi connectivity index (χ3v) is 12.2. The van der Waals surface area contributed by atoms with Crippen LogP contribution in [0.15, 0.2) is 76.2 Å². The molecular formula is C43H47N9O4. The van der Waals surface area contributed by atoms with Crippen LogP contribution < -0.4 is 10.7 Å². The average molecular weight is 754 g/mol. The Labute approximate surface area is 324 Å². The molecule has 1 N–H and O–H groups in total. The lowest BCUT2D eigenvalue weighted by molar-refractivity contribution is 0.0719. The van der Waals surface area contributed by atoms with E-state index in [-0.39, 0.29) is 18.5 Å². The smallest absolute Gasteiger partial charge is 0.332 e. The molecule has 6 heterocycles. The molecule has 6 aromatic rings. The lowest BCUT2D eigenvalue weighted by Gasteiger charge is -2.31. The van der Waals surface area contributed by atoms with Gasteiger partial charge in [0, 0.05) is 61.0 Å². The summed E-state index contributed by atoms with van der Waals surface area (Å²) in [4.78, 5) is 54.4. The quantitative estimate of drug-likeness (QED) is 0.177. The molecular weight excluding hydrogens is 707 g/mol. The molecule has 9 rings (SSSR count). The van der Waals surface area contributed by atoms with Gasteiger partial charge in [0.15, 0.2) is 5.82 Å². The first kappa shape index (κ1) is 35.7. The third-order valence-electron chi connectivity index (χ3n) is 12.2. The van der Waals surface area contributed by atoms with Gasteiger partial charge in [-0.3, -0.25) is 24.2 Å². The maximum atomic E-state index is 15.0. The number of carbonyl (C=O) groups is 2. The fraction of sp³-hybridized carbons (Fsp3) is 0.395. The molecule has 0 atom stereocenters. The highest BCUT2D eigenvalue weighted by atomic mass is 16.5. The number of urea groups is 1. The predicted octanol–water partition coefficient (Wildman–Crippen LogP) is 6.99. The highest BCUT2D eigenvalue weighted by molar-refractivity contribution is 6.01. The second-order valence-corrected chi connectivity index (χ2v) is 16.1. The van der Waals surface area contributed by atoms with Crippen molar-refractivity contribution in [1.29, 1.82) is 0 Å². The summed E-state index contributed by atoms with van der Waals surface area (Å²) >= 11 is 0. The van der Waals surface area contributed by atoms with Gasteiger partial charge >= 0.3 is 11.8 Å². The van der Waals surface area contributed by atoms with E-state index in [1.54, 1.807) is 0 Å². The van der Waals surface area contributed by atoms with Gasteiger partial charge < -0.3 is 14.4 Å². The normalized spacial score (nSPS) is 16.6. The molecule has 56 heavy (non-hydrogen) atoms. The van der Waals surface area contributed by atoms with Crippen molar-refractivity contribution in [3.63, 3.8) is 0 Å². The number of aromatic nitrogens is 6. The van der Waals surface area contributed by atoms with Crippen molar-refractivity contribution in [3.8, 4) is 16.8 Å². The first-order chi connectivity index (χ1) is 27.1. The van der Waals surface area contributed by atoms with Crippen molar-refractivity contribution in [1.82, 2.24) is 39.3 Å². The zero-order chi connectivity index (χ0) is 38.7. The number of benzene rings is 2. The number of amides is 3. The fourth-order valence-electron chi connectivity index (χ4n) is 9.05. The van der Waals surface area contributed by atoms with Gasteiger partial charge in [0.05, 0.1) is 17.9 Å². The van der Waals surface area contributed by atoms with Gasteiger partial charge in [0.25, 0.3) is 5.91 Å². The summed E-state index contributed by atoms with van der Waals surface area (Å²) in [6, 6.07) is 20.0. The minimum atomic E-state index is -0.975. The van der Waals surface area contributed by atoms with E-state index in [1.165, 1.54) is 32.1 Å². The van der Waals surface area contributed by atoms with Crippen LogP contribution in [0.5, 0.6) is 0 Å². The van der Waals surface area contributed by atoms with E-state index in [1.807, 2.05) is 99.4 Å². The van der Waals surface area contributed by atoms with Crippen LogP contribution in [0.3, 0.4) is 0 Å². The van der Waals surface area contributed by atoms with Gasteiger partial charge in [-0.25, -0.2) is 14.3 Å². The summed E-state index contributed by atoms with van der Waals surface area (Å²) < 4.78 is 8.80. The minimum Gasteiger partial charge on any atom is -0.332 e. The van der Waals surface area contributed by atoms with Crippen LogP contribution in [-0.2, 0) is 18.5 Å². The first-order valence-corrected chi connectivity index (χ1v) is 19.8. The van der Waals surface area contributed by atoms with E-state index in [4.69, 9.17) is 9.62 Å². The number of fused-ring (bicyclic) bond motifs is 2. The van der Waals surface area contributed by atoms with Gasteiger partial charge in [-0.05, 0) is 99.5 Å². The van der Waals surface area contributed by atoms with Gasteiger partial charge in [0.1, 0.15) is 17.1 Å². The Bertz CT molecular complexity index is 2520. The molecule has 1 saturated heterocycles. The van der Waals surface area contributed by atoms with E-state index in [2.05, 4.69) is 34.2 Å². The number of aromatic amines is 1. The zero-order valence-electron chi connectivity index (χ0n) is 32.4. The molecule has 2 fully saturated rings. The molecule has 13 nitrogen and oxygen atoms in total. The number of nitrogens with one attached hydrogen (secondary N) is 1. The summed E-state index contributed by atoms with van der Waals surface area (Å²) in [5.41, 5.74) is 7.06. The molecule has 0 spiro atoms. The van der Waals surface area contributed by atoms with Crippen LogP contribution in [0.4, 0.5) is 10.6 Å². The van der Waals surface area contributed by atoms with Crippen molar-refractivity contribution in [2.24, 2.45) is 5.92 Å². The lowest BCUT2D eigenvalue weighted by Crippen LogP contribution is -2.40. The Balaban J connectivity index is 1.11. The second-order valence-electron chi connectivity index (χ2n) is 16.1. The summed E-state index contributed by atoms with van der Waals surface area (Å²) in [6.07, 6.45) is 8.42. The number of pyridine rings is 1. The average Bonchev–Trinajstić information content (AvgIpc) is 4.00. The SMILES string of the molecule is Cc1nccc(-c2ccc3c(c2)cc(C(=O)N2CCc4nn(-c5ccccc5)c(N5CCN(CC6CCCCC6)C5=O)c4C2)n3C(C)(C)c2noc(=O)[nH]2)c1C. The summed E-state index contributed by atoms with van der Waals surface area (Å²) in [5.74, 6) is 0.732. The standard InChI is InChI=1S/C43H47N9O4/c1-27-28(2)44-19-17-33(27)30-15-16-36-31(23-30)24-37(51(36)43(3,4)40-45-41(54)56-47-40)39(53)48-20-18-35-34(26-48)38(52(46-35)32-13-9-6-10-14-32)50-22-21-49(42(50)55)25-29-11-7-5-8-12-29/h6,9-10,13-17,19,23-24,29H,5,7-8,11-12,18,20-22,25-26H2,1-4H3,(H,45,47,54). The Hall–Kier alpha value is -5.98. The summed E-state index contributed by atoms with van der Waals surface area (Å²) in [7, 11) is 0. The zero-order valence-corrected chi connectivity index (χ0v) is 32.4. The van der Waals surface area contributed by atoms with E-state index < -0.39 is 11.3 Å².